The van der Waals surface area contributed by atoms with Crippen molar-refractivity contribution in [3.05, 3.63) is 23.8 Å². The van der Waals surface area contributed by atoms with Crippen LogP contribution in [0, 0.1) is 6.92 Å². The summed E-state index contributed by atoms with van der Waals surface area (Å²) in [7, 11) is 1.50. The second-order valence-electron chi connectivity index (χ2n) is 3.80. The summed E-state index contributed by atoms with van der Waals surface area (Å²) in [5.41, 5.74) is 1.40. The van der Waals surface area contributed by atoms with Crippen molar-refractivity contribution in [2.75, 3.05) is 25.1 Å². The van der Waals surface area contributed by atoms with Gasteiger partial charge in [-0.25, -0.2) is 0 Å². The molecule has 0 aliphatic heterocycles. The Hall–Kier alpha value is -2.24. The molecule has 98 valence electrons. The zero-order chi connectivity index (χ0) is 13.7. The molecule has 0 aromatic heterocycles. The van der Waals surface area contributed by atoms with Crippen molar-refractivity contribution in [2.45, 2.75) is 6.92 Å². The molecule has 0 spiro atoms. The van der Waals surface area contributed by atoms with Crippen LogP contribution in [0.2, 0.25) is 0 Å². The predicted octanol–water partition coefficient (Wildman–Crippen LogP) is 0.979. The second-order valence-corrected chi connectivity index (χ2v) is 3.80. The maximum atomic E-state index is 10.7. The average molecular weight is 253 g/mol. The van der Waals surface area contributed by atoms with Crippen molar-refractivity contribution in [1.82, 2.24) is 0 Å². The Morgan fingerprint density at radius 1 is 1.22 bits per heavy atom. The van der Waals surface area contributed by atoms with Gasteiger partial charge in [0.05, 0.1) is 7.11 Å². The smallest absolute Gasteiger partial charge is 0.323 e. The zero-order valence-corrected chi connectivity index (χ0v) is 10.2. The highest BCUT2D eigenvalue weighted by molar-refractivity contribution is 5.79. The van der Waals surface area contributed by atoms with Gasteiger partial charge in [0.1, 0.15) is 18.8 Å². The van der Waals surface area contributed by atoms with E-state index < -0.39 is 11.9 Å². The summed E-state index contributed by atoms with van der Waals surface area (Å²) >= 11 is 0. The van der Waals surface area contributed by atoms with E-state index >= 15 is 0 Å². The molecule has 0 fully saturated rings. The van der Waals surface area contributed by atoms with Gasteiger partial charge < -0.3 is 19.8 Å². The minimum absolute atomic E-state index is 0.376. The predicted molar refractivity (Wildman–Crippen MR) is 65.2 cm³/mol. The third kappa shape index (κ3) is 3.65. The van der Waals surface area contributed by atoms with E-state index in [-0.39, 0.29) is 13.1 Å². The molecule has 18 heavy (non-hydrogen) atoms. The fraction of sp³-hybridized carbons (Fsp3) is 0.333. The summed E-state index contributed by atoms with van der Waals surface area (Å²) in [6.07, 6.45) is 0. The molecule has 0 aliphatic rings. The Morgan fingerprint density at radius 2 is 1.78 bits per heavy atom. The molecule has 1 aromatic rings. The van der Waals surface area contributed by atoms with Gasteiger partial charge in [-0.1, -0.05) is 6.07 Å². The number of aryl methyl sites for hydroxylation is 1. The summed E-state index contributed by atoms with van der Waals surface area (Å²) in [5, 5.41) is 17.5. The van der Waals surface area contributed by atoms with Crippen molar-refractivity contribution in [3.63, 3.8) is 0 Å². The van der Waals surface area contributed by atoms with Crippen molar-refractivity contribution >= 4 is 17.6 Å². The molecule has 0 amide bonds. The first-order chi connectivity index (χ1) is 8.43. The van der Waals surface area contributed by atoms with Crippen molar-refractivity contribution in [2.24, 2.45) is 0 Å². The molecule has 0 atom stereocenters. The minimum Gasteiger partial charge on any atom is -0.496 e. The van der Waals surface area contributed by atoms with Gasteiger partial charge in [-0.3, -0.25) is 9.59 Å². The normalized spacial score (nSPS) is 9.89. The van der Waals surface area contributed by atoms with Gasteiger partial charge in [-0.15, -0.1) is 0 Å². The third-order valence-electron chi connectivity index (χ3n) is 2.41. The topological polar surface area (TPSA) is 87.1 Å². The number of carboxylic acids is 2. The van der Waals surface area contributed by atoms with Crippen LogP contribution in [0.3, 0.4) is 0 Å². The van der Waals surface area contributed by atoms with Crippen molar-refractivity contribution < 1.29 is 24.5 Å². The van der Waals surface area contributed by atoms with Gasteiger partial charge in [-0.05, 0) is 18.6 Å². The Kier molecular flexibility index (Phi) is 4.53. The number of hydrogen-bond acceptors (Lipinski definition) is 4. The van der Waals surface area contributed by atoms with E-state index in [0.717, 1.165) is 5.56 Å². The van der Waals surface area contributed by atoms with Crippen LogP contribution in [0.1, 0.15) is 5.56 Å². The van der Waals surface area contributed by atoms with Crippen LogP contribution in [0.15, 0.2) is 18.2 Å². The average Bonchev–Trinajstić information content (AvgIpc) is 2.27. The van der Waals surface area contributed by atoms with E-state index in [1.165, 1.54) is 12.0 Å². The molecule has 6 heteroatoms. The number of benzene rings is 1. The van der Waals surface area contributed by atoms with E-state index in [4.69, 9.17) is 14.9 Å². The molecule has 2 N–H and O–H groups in total. The molecule has 1 aromatic carbocycles. The number of carboxylic acid groups (broad SMARTS) is 2. The van der Waals surface area contributed by atoms with Gasteiger partial charge in [0.2, 0.25) is 0 Å². The number of methoxy groups -OCH3 is 1. The number of rotatable bonds is 6. The van der Waals surface area contributed by atoms with Crippen LogP contribution < -0.4 is 9.64 Å². The maximum Gasteiger partial charge on any atom is 0.323 e. The Bertz CT molecular complexity index is 442. The van der Waals surface area contributed by atoms with Crippen molar-refractivity contribution in [3.8, 4) is 5.75 Å². The number of ether oxygens (including phenoxy) is 1. The SMILES string of the molecule is COc1cc(N(CC(=O)O)CC(=O)O)ccc1C. The highest BCUT2D eigenvalue weighted by Crippen LogP contribution is 2.24. The van der Waals surface area contributed by atoms with Crippen LogP contribution in [-0.2, 0) is 9.59 Å². The summed E-state index contributed by atoms with van der Waals surface area (Å²) in [4.78, 5) is 22.7. The molecular weight excluding hydrogens is 238 g/mol. The number of carbonyl (C=O) groups is 2. The summed E-state index contributed by atoms with van der Waals surface area (Å²) in [6, 6.07) is 5.05. The lowest BCUT2D eigenvalue weighted by atomic mass is 10.2. The highest BCUT2D eigenvalue weighted by Gasteiger charge is 2.15. The molecule has 0 unspecified atom stereocenters. The number of aliphatic carboxylic acids is 2. The summed E-state index contributed by atoms with van der Waals surface area (Å²) < 4.78 is 5.12. The molecule has 6 nitrogen and oxygen atoms in total. The highest BCUT2D eigenvalue weighted by atomic mass is 16.5. The number of nitrogens with zero attached hydrogens (tertiary/aromatic N) is 1. The summed E-state index contributed by atoms with van der Waals surface area (Å²) in [5.74, 6) is -1.58. The van der Waals surface area contributed by atoms with Crippen LogP contribution in [0.5, 0.6) is 5.75 Å². The Balaban J connectivity index is 3.03. The molecule has 0 bridgehead atoms. The first-order valence-corrected chi connectivity index (χ1v) is 5.27. The van der Waals surface area contributed by atoms with E-state index in [1.807, 2.05) is 6.92 Å². The van der Waals surface area contributed by atoms with E-state index in [0.29, 0.717) is 11.4 Å². The summed E-state index contributed by atoms with van der Waals surface area (Å²) in [6.45, 7) is 1.10. The van der Waals surface area contributed by atoms with Crippen molar-refractivity contribution in [1.29, 1.82) is 0 Å². The fourth-order valence-electron chi connectivity index (χ4n) is 1.57. The Morgan fingerprint density at radius 3 is 2.22 bits per heavy atom. The van der Waals surface area contributed by atoms with Gasteiger partial charge in [0.15, 0.2) is 0 Å². The van der Waals surface area contributed by atoms with Crippen LogP contribution in [-0.4, -0.2) is 42.4 Å². The van der Waals surface area contributed by atoms with E-state index in [1.54, 1.807) is 18.2 Å². The number of anilines is 1. The lowest BCUT2D eigenvalue weighted by Crippen LogP contribution is -2.34. The molecule has 0 radical (unpaired) electrons. The quantitative estimate of drug-likeness (QED) is 0.785. The first-order valence-electron chi connectivity index (χ1n) is 5.27. The molecule has 0 heterocycles. The van der Waals surface area contributed by atoms with Crippen LogP contribution in [0.25, 0.3) is 0 Å². The van der Waals surface area contributed by atoms with Gasteiger partial charge in [-0.2, -0.15) is 0 Å². The lowest BCUT2D eigenvalue weighted by molar-refractivity contribution is -0.136. The van der Waals surface area contributed by atoms with E-state index in [2.05, 4.69) is 0 Å². The standard InChI is InChI=1S/C12H15NO5/c1-8-3-4-9(5-10(8)18-2)13(6-11(14)15)7-12(16)17/h3-5H,6-7H2,1-2H3,(H,14,15)(H,16,17). The monoisotopic (exact) mass is 253 g/mol. The van der Waals surface area contributed by atoms with Crippen LogP contribution in [0.4, 0.5) is 5.69 Å². The first kappa shape index (κ1) is 13.8. The van der Waals surface area contributed by atoms with Crippen LogP contribution >= 0.6 is 0 Å². The largest absolute Gasteiger partial charge is 0.496 e. The number of hydrogen-bond donors (Lipinski definition) is 2. The fourth-order valence-corrected chi connectivity index (χ4v) is 1.57. The molecule has 0 saturated carbocycles. The maximum absolute atomic E-state index is 10.7. The lowest BCUT2D eigenvalue weighted by Gasteiger charge is -2.21. The minimum atomic E-state index is -1.09. The van der Waals surface area contributed by atoms with Gasteiger partial charge >= 0.3 is 11.9 Å². The molecule has 0 aliphatic carbocycles. The molecular formula is C12H15NO5. The van der Waals surface area contributed by atoms with Gasteiger partial charge in [0, 0.05) is 11.8 Å². The third-order valence-corrected chi connectivity index (χ3v) is 2.41. The van der Waals surface area contributed by atoms with E-state index in [9.17, 15) is 9.59 Å². The zero-order valence-electron chi connectivity index (χ0n) is 10.2. The van der Waals surface area contributed by atoms with Gasteiger partial charge in [0.25, 0.3) is 0 Å². The second kappa shape index (κ2) is 5.90. The molecule has 1 rings (SSSR count). The Labute approximate surface area is 104 Å². The molecule has 0 saturated heterocycles.